The van der Waals surface area contributed by atoms with E-state index in [9.17, 15) is 13.6 Å². The lowest BCUT2D eigenvalue weighted by Gasteiger charge is -2.04. The molecular formula is C19H12F2N2O2S. The number of thiazole rings is 1. The first-order valence-corrected chi connectivity index (χ1v) is 8.60. The maximum absolute atomic E-state index is 13.6. The zero-order valence-corrected chi connectivity index (χ0v) is 14.1. The number of para-hydroxylation sites is 1. The molecule has 0 radical (unpaired) electrons. The Labute approximate surface area is 151 Å². The molecule has 2 aromatic heterocycles. The molecule has 0 unspecified atom stereocenters. The number of benzene rings is 2. The van der Waals surface area contributed by atoms with Crippen LogP contribution in [0.2, 0.25) is 0 Å². The van der Waals surface area contributed by atoms with E-state index in [0.717, 1.165) is 33.4 Å². The zero-order chi connectivity index (χ0) is 18.1. The number of hydrogen-bond donors (Lipinski definition) is 1. The highest BCUT2D eigenvalue weighted by Crippen LogP contribution is 2.31. The lowest BCUT2D eigenvalue weighted by atomic mass is 10.2. The summed E-state index contributed by atoms with van der Waals surface area (Å²) in [5.41, 5.74) is 0.545. The van der Waals surface area contributed by atoms with Gasteiger partial charge in [0.15, 0.2) is 10.8 Å². The van der Waals surface area contributed by atoms with E-state index >= 15 is 0 Å². The van der Waals surface area contributed by atoms with Crippen molar-refractivity contribution >= 4 is 27.5 Å². The van der Waals surface area contributed by atoms with Crippen molar-refractivity contribution in [2.45, 2.75) is 6.54 Å². The Hall–Kier alpha value is -3.06. The van der Waals surface area contributed by atoms with E-state index < -0.39 is 17.5 Å². The highest BCUT2D eigenvalue weighted by Gasteiger charge is 2.14. The SMILES string of the molecule is O=C(NCc1ccc(-c2nc3ccccc3s2)o1)c1cc(F)ccc1F. The fourth-order valence-electron chi connectivity index (χ4n) is 2.50. The molecule has 4 nitrogen and oxygen atoms in total. The lowest BCUT2D eigenvalue weighted by molar-refractivity contribution is 0.0943. The third kappa shape index (κ3) is 3.21. The molecule has 130 valence electrons. The van der Waals surface area contributed by atoms with Gasteiger partial charge >= 0.3 is 0 Å². The minimum Gasteiger partial charge on any atom is -0.457 e. The summed E-state index contributed by atoms with van der Waals surface area (Å²) in [7, 11) is 0. The summed E-state index contributed by atoms with van der Waals surface area (Å²) in [6, 6.07) is 14.0. The highest BCUT2D eigenvalue weighted by molar-refractivity contribution is 7.21. The van der Waals surface area contributed by atoms with Crippen LogP contribution in [-0.2, 0) is 6.54 Å². The van der Waals surface area contributed by atoms with E-state index in [0.29, 0.717) is 11.5 Å². The summed E-state index contributed by atoms with van der Waals surface area (Å²) in [5.74, 6) is -1.08. The second kappa shape index (κ2) is 6.68. The molecular weight excluding hydrogens is 358 g/mol. The van der Waals surface area contributed by atoms with Crippen molar-refractivity contribution in [2.75, 3.05) is 0 Å². The van der Waals surface area contributed by atoms with Crippen molar-refractivity contribution in [1.82, 2.24) is 10.3 Å². The Morgan fingerprint density at radius 3 is 2.81 bits per heavy atom. The molecule has 26 heavy (non-hydrogen) atoms. The van der Waals surface area contributed by atoms with Crippen LogP contribution < -0.4 is 5.32 Å². The highest BCUT2D eigenvalue weighted by atomic mass is 32.1. The predicted octanol–water partition coefficient (Wildman–Crippen LogP) is 4.76. The minimum atomic E-state index is -0.779. The van der Waals surface area contributed by atoms with E-state index in [1.807, 2.05) is 24.3 Å². The molecule has 7 heteroatoms. The van der Waals surface area contributed by atoms with E-state index in [1.54, 1.807) is 12.1 Å². The predicted molar refractivity (Wildman–Crippen MR) is 94.9 cm³/mol. The van der Waals surface area contributed by atoms with Crippen LogP contribution in [0.3, 0.4) is 0 Å². The number of nitrogens with zero attached hydrogens (tertiary/aromatic N) is 1. The summed E-state index contributed by atoms with van der Waals surface area (Å²) in [6.07, 6.45) is 0. The Balaban J connectivity index is 1.48. The van der Waals surface area contributed by atoms with E-state index in [4.69, 9.17) is 4.42 Å². The van der Waals surface area contributed by atoms with Crippen LogP contribution in [0, 0.1) is 11.6 Å². The first-order valence-electron chi connectivity index (χ1n) is 7.78. The van der Waals surface area contributed by atoms with Crippen molar-refractivity contribution < 1.29 is 18.0 Å². The fourth-order valence-corrected chi connectivity index (χ4v) is 3.43. The first kappa shape index (κ1) is 16.4. The fraction of sp³-hybridized carbons (Fsp3) is 0.0526. The summed E-state index contributed by atoms with van der Waals surface area (Å²) in [5, 5.41) is 3.25. The molecule has 0 aliphatic heterocycles. The summed E-state index contributed by atoms with van der Waals surface area (Å²) in [6.45, 7) is 0.0552. The summed E-state index contributed by atoms with van der Waals surface area (Å²) in [4.78, 5) is 16.5. The number of hydrogen-bond acceptors (Lipinski definition) is 4. The number of carbonyl (C=O) groups excluding carboxylic acids is 1. The molecule has 1 amide bonds. The van der Waals surface area contributed by atoms with Crippen LogP contribution in [0.5, 0.6) is 0 Å². The summed E-state index contributed by atoms with van der Waals surface area (Å²) < 4.78 is 33.5. The number of nitrogens with one attached hydrogen (secondary N) is 1. The van der Waals surface area contributed by atoms with Crippen molar-refractivity contribution in [3.63, 3.8) is 0 Å². The number of aromatic nitrogens is 1. The molecule has 2 aromatic carbocycles. The van der Waals surface area contributed by atoms with Gasteiger partial charge in [-0.05, 0) is 42.5 Å². The molecule has 4 aromatic rings. The lowest BCUT2D eigenvalue weighted by Crippen LogP contribution is -2.23. The molecule has 0 saturated heterocycles. The average molecular weight is 370 g/mol. The quantitative estimate of drug-likeness (QED) is 0.563. The monoisotopic (exact) mass is 370 g/mol. The number of rotatable bonds is 4. The van der Waals surface area contributed by atoms with Crippen LogP contribution >= 0.6 is 11.3 Å². The normalized spacial score (nSPS) is 11.0. The second-order valence-electron chi connectivity index (χ2n) is 5.56. The van der Waals surface area contributed by atoms with Gasteiger partial charge in [0.2, 0.25) is 0 Å². The Morgan fingerprint density at radius 2 is 1.96 bits per heavy atom. The largest absolute Gasteiger partial charge is 0.457 e. The molecule has 2 heterocycles. The molecule has 0 fully saturated rings. The van der Waals surface area contributed by atoms with Gasteiger partial charge in [-0.15, -0.1) is 11.3 Å². The van der Waals surface area contributed by atoms with Gasteiger partial charge in [-0.1, -0.05) is 12.1 Å². The van der Waals surface area contributed by atoms with Crippen molar-refractivity contribution in [3.8, 4) is 10.8 Å². The smallest absolute Gasteiger partial charge is 0.254 e. The van der Waals surface area contributed by atoms with Crippen molar-refractivity contribution in [1.29, 1.82) is 0 Å². The summed E-state index contributed by atoms with van der Waals surface area (Å²) >= 11 is 1.51. The average Bonchev–Trinajstić information content (AvgIpc) is 3.28. The Bertz CT molecular complexity index is 1070. The molecule has 0 aliphatic carbocycles. The van der Waals surface area contributed by atoms with Crippen LogP contribution in [-0.4, -0.2) is 10.9 Å². The van der Waals surface area contributed by atoms with E-state index in [-0.39, 0.29) is 12.1 Å². The number of fused-ring (bicyclic) bond motifs is 1. The van der Waals surface area contributed by atoms with Gasteiger partial charge in [0.1, 0.15) is 17.4 Å². The van der Waals surface area contributed by atoms with Crippen LogP contribution in [0.1, 0.15) is 16.1 Å². The van der Waals surface area contributed by atoms with E-state index in [1.165, 1.54) is 11.3 Å². The maximum atomic E-state index is 13.6. The number of halogens is 2. The van der Waals surface area contributed by atoms with Gasteiger partial charge in [-0.3, -0.25) is 4.79 Å². The Morgan fingerprint density at radius 1 is 1.12 bits per heavy atom. The van der Waals surface area contributed by atoms with Gasteiger partial charge < -0.3 is 9.73 Å². The molecule has 1 N–H and O–H groups in total. The van der Waals surface area contributed by atoms with Gasteiger partial charge in [-0.2, -0.15) is 0 Å². The van der Waals surface area contributed by atoms with Gasteiger partial charge in [0.25, 0.3) is 5.91 Å². The van der Waals surface area contributed by atoms with Gasteiger partial charge in [-0.25, -0.2) is 13.8 Å². The third-order valence-electron chi connectivity index (χ3n) is 3.76. The third-order valence-corrected chi connectivity index (χ3v) is 4.81. The minimum absolute atomic E-state index is 0.0552. The van der Waals surface area contributed by atoms with E-state index in [2.05, 4.69) is 10.3 Å². The molecule has 0 spiro atoms. The van der Waals surface area contributed by atoms with Gasteiger partial charge in [0.05, 0.1) is 22.3 Å². The molecule has 0 bridgehead atoms. The Kier molecular flexibility index (Phi) is 4.22. The molecule has 4 rings (SSSR count). The first-order chi connectivity index (χ1) is 12.6. The maximum Gasteiger partial charge on any atom is 0.254 e. The number of carbonyl (C=O) groups is 1. The standard InChI is InChI=1S/C19H12F2N2O2S/c20-11-5-7-14(21)13(9-11)18(24)22-10-12-6-8-16(25-12)19-23-15-3-1-2-4-17(15)26-19/h1-9H,10H2,(H,22,24). The molecule has 0 saturated carbocycles. The van der Waals surface area contributed by atoms with Crippen LogP contribution in [0.4, 0.5) is 8.78 Å². The van der Waals surface area contributed by atoms with Gasteiger partial charge in [0, 0.05) is 0 Å². The van der Waals surface area contributed by atoms with Crippen LogP contribution in [0.15, 0.2) is 59.0 Å². The van der Waals surface area contributed by atoms with Crippen molar-refractivity contribution in [3.05, 3.63) is 77.6 Å². The number of furan rings is 1. The number of amides is 1. The zero-order valence-electron chi connectivity index (χ0n) is 13.3. The molecule has 0 aliphatic rings. The van der Waals surface area contributed by atoms with Crippen molar-refractivity contribution in [2.24, 2.45) is 0 Å². The van der Waals surface area contributed by atoms with Crippen LogP contribution in [0.25, 0.3) is 21.0 Å². The second-order valence-corrected chi connectivity index (χ2v) is 6.59. The molecule has 0 atom stereocenters. The topological polar surface area (TPSA) is 55.1 Å².